The smallest absolute Gasteiger partial charge is 0.306 e. The summed E-state index contributed by atoms with van der Waals surface area (Å²) in [5, 5.41) is 0. The van der Waals surface area contributed by atoms with E-state index in [-0.39, 0.29) is 31.1 Å². The van der Waals surface area contributed by atoms with Crippen molar-refractivity contribution in [1.82, 2.24) is 0 Å². The van der Waals surface area contributed by atoms with Crippen LogP contribution < -0.4 is 0 Å². The van der Waals surface area contributed by atoms with Crippen molar-refractivity contribution < 1.29 is 28.6 Å². The van der Waals surface area contributed by atoms with Crippen molar-refractivity contribution >= 4 is 17.9 Å². The van der Waals surface area contributed by atoms with Gasteiger partial charge in [-0.2, -0.15) is 0 Å². The van der Waals surface area contributed by atoms with E-state index in [1.54, 1.807) is 0 Å². The lowest BCUT2D eigenvalue weighted by Crippen LogP contribution is -2.30. The van der Waals surface area contributed by atoms with Crippen molar-refractivity contribution in [2.24, 2.45) is 0 Å². The molecule has 0 radical (unpaired) electrons. The van der Waals surface area contributed by atoms with Gasteiger partial charge in [-0.3, -0.25) is 14.4 Å². The highest BCUT2D eigenvalue weighted by Crippen LogP contribution is 2.18. The Morgan fingerprint density at radius 2 is 0.500 bits per heavy atom. The summed E-state index contributed by atoms with van der Waals surface area (Å²) in [6.45, 7) is 6.56. The summed E-state index contributed by atoms with van der Waals surface area (Å²) in [5.74, 6) is -0.874. The molecule has 0 aromatic rings. The van der Waals surface area contributed by atoms with E-state index >= 15 is 0 Å². The van der Waals surface area contributed by atoms with Gasteiger partial charge in [0.15, 0.2) is 6.10 Å². The Kier molecular flexibility index (Phi) is 64.2. The zero-order chi connectivity index (χ0) is 56.4. The Morgan fingerprint density at radius 1 is 0.269 bits per heavy atom. The molecule has 0 saturated heterocycles. The van der Waals surface area contributed by atoms with E-state index in [9.17, 15) is 14.4 Å². The van der Waals surface area contributed by atoms with E-state index < -0.39 is 6.10 Å². The van der Waals surface area contributed by atoms with Crippen molar-refractivity contribution in [3.63, 3.8) is 0 Å². The molecule has 0 saturated carbocycles. The van der Waals surface area contributed by atoms with Crippen LogP contribution in [0.1, 0.15) is 361 Å². The molecule has 0 bridgehead atoms. The van der Waals surface area contributed by atoms with Crippen LogP contribution in [0.15, 0.2) is 60.8 Å². The second-order valence-electron chi connectivity index (χ2n) is 23.1. The first-order valence-corrected chi connectivity index (χ1v) is 34.3. The predicted molar refractivity (Wildman–Crippen MR) is 339 cm³/mol. The minimum absolute atomic E-state index is 0.0775. The van der Waals surface area contributed by atoms with Crippen molar-refractivity contribution in [3.05, 3.63) is 60.8 Å². The summed E-state index contributed by atoms with van der Waals surface area (Å²) < 4.78 is 17.0. The molecule has 454 valence electrons. The maximum atomic E-state index is 12.9. The summed E-state index contributed by atoms with van der Waals surface area (Å²) in [6, 6.07) is 0. The molecule has 0 aromatic heterocycles. The number of unbranched alkanes of at least 4 members (excludes halogenated alkanes) is 42. The number of hydrogen-bond acceptors (Lipinski definition) is 6. The van der Waals surface area contributed by atoms with Crippen LogP contribution in [0.25, 0.3) is 0 Å². The van der Waals surface area contributed by atoms with Crippen LogP contribution in [-0.2, 0) is 28.6 Å². The molecular formula is C72H130O6. The van der Waals surface area contributed by atoms with Gasteiger partial charge in [0.2, 0.25) is 0 Å². The number of ether oxygens (including phenoxy) is 3. The lowest BCUT2D eigenvalue weighted by molar-refractivity contribution is -0.167. The van der Waals surface area contributed by atoms with Crippen LogP contribution in [0.2, 0.25) is 0 Å². The van der Waals surface area contributed by atoms with E-state index in [0.29, 0.717) is 19.3 Å². The minimum Gasteiger partial charge on any atom is -0.462 e. The maximum Gasteiger partial charge on any atom is 0.306 e. The van der Waals surface area contributed by atoms with Crippen LogP contribution in [-0.4, -0.2) is 37.2 Å². The van der Waals surface area contributed by atoms with Gasteiger partial charge in [-0.15, -0.1) is 0 Å². The quantitative estimate of drug-likeness (QED) is 0.0261. The predicted octanol–water partition coefficient (Wildman–Crippen LogP) is 23.5. The van der Waals surface area contributed by atoms with Crippen molar-refractivity contribution in [3.8, 4) is 0 Å². The first kappa shape index (κ1) is 75.1. The molecule has 6 nitrogen and oxygen atoms in total. The molecule has 1 atom stereocenters. The minimum atomic E-state index is -0.782. The number of carbonyl (C=O) groups is 3. The van der Waals surface area contributed by atoms with Gasteiger partial charge in [-0.25, -0.2) is 0 Å². The molecule has 0 heterocycles. The second kappa shape index (κ2) is 66.6. The van der Waals surface area contributed by atoms with Crippen molar-refractivity contribution in [2.75, 3.05) is 13.2 Å². The number of allylic oxidation sites excluding steroid dienone is 10. The molecule has 0 aromatic carbocycles. The third kappa shape index (κ3) is 63.9. The van der Waals surface area contributed by atoms with Gasteiger partial charge in [0.05, 0.1) is 0 Å². The summed E-state index contributed by atoms with van der Waals surface area (Å²) in [7, 11) is 0. The summed E-state index contributed by atoms with van der Waals surface area (Å²) in [6.07, 6.45) is 85.3. The molecule has 0 spiro atoms. The summed E-state index contributed by atoms with van der Waals surface area (Å²) in [4.78, 5) is 38.4. The Labute approximate surface area is 485 Å². The molecule has 6 heteroatoms. The third-order valence-electron chi connectivity index (χ3n) is 15.3. The van der Waals surface area contributed by atoms with Crippen LogP contribution in [0, 0.1) is 0 Å². The number of carbonyl (C=O) groups excluding carboxylic acids is 3. The molecule has 0 rings (SSSR count). The average Bonchev–Trinajstić information content (AvgIpc) is 3.44. The SMILES string of the molecule is CC/C=C\C/C=C\C/C=C\CCCCCCCC(=O)OCC(COC(=O)CCCCCCCCCCCCC/C=C\C/C=C\CCCCCCC)OC(=O)CCCCCCCCCCCCCCCCCCCCCCCC. The molecule has 1 unspecified atom stereocenters. The van der Waals surface area contributed by atoms with E-state index in [0.717, 1.165) is 103 Å². The topological polar surface area (TPSA) is 78.9 Å². The molecule has 0 N–H and O–H groups in total. The normalized spacial score (nSPS) is 12.4. The molecule has 0 amide bonds. The molecular weight excluding hydrogens is 961 g/mol. The van der Waals surface area contributed by atoms with Crippen molar-refractivity contribution in [1.29, 1.82) is 0 Å². The number of hydrogen-bond donors (Lipinski definition) is 0. The third-order valence-corrected chi connectivity index (χ3v) is 15.3. The van der Waals surface area contributed by atoms with Gasteiger partial charge in [-0.1, -0.05) is 319 Å². The largest absolute Gasteiger partial charge is 0.462 e. The van der Waals surface area contributed by atoms with E-state index in [1.165, 1.54) is 218 Å². The fourth-order valence-corrected chi connectivity index (χ4v) is 10.1. The molecule has 0 aliphatic rings. The standard InChI is InChI=1S/C72H130O6/c1-4-7-10-13-16-19-22-25-28-30-32-34-36-38-39-41-44-47-50-53-56-59-62-65-71(74)77-68-69(67-76-70(73)64-61-58-55-52-49-46-43-27-24-21-18-15-12-9-6-3)78-72(75)66-63-60-57-54-51-48-45-42-40-37-35-33-31-29-26-23-20-17-14-11-8-5-2/h9,12,18,21-22,25,27,30,32,43,69H,4-8,10-11,13-17,19-20,23-24,26,28-29,31,33-42,44-68H2,1-3H3/b12-9-,21-18-,25-22-,32-30-,43-27-. The Balaban J connectivity index is 4.31. The zero-order valence-corrected chi connectivity index (χ0v) is 52.2. The van der Waals surface area contributed by atoms with Crippen LogP contribution in [0.5, 0.6) is 0 Å². The van der Waals surface area contributed by atoms with Crippen LogP contribution >= 0.6 is 0 Å². The lowest BCUT2D eigenvalue weighted by Gasteiger charge is -2.18. The van der Waals surface area contributed by atoms with Gasteiger partial charge in [-0.05, 0) is 83.5 Å². The maximum absolute atomic E-state index is 12.9. The summed E-state index contributed by atoms with van der Waals surface area (Å²) >= 11 is 0. The van der Waals surface area contributed by atoms with Gasteiger partial charge in [0.25, 0.3) is 0 Å². The highest BCUT2D eigenvalue weighted by atomic mass is 16.6. The molecule has 0 aliphatic heterocycles. The zero-order valence-electron chi connectivity index (χ0n) is 52.2. The number of rotatable bonds is 63. The Bertz CT molecular complexity index is 1390. The Morgan fingerprint density at radius 3 is 0.782 bits per heavy atom. The van der Waals surface area contributed by atoms with E-state index in [2.05, 4.69) is 81.5 Å². The highest BCUT2D eigenvalue weighted by Gasteiger charge is 2.19. The van der Waals surface area contributed by atoms with Gasteiger partial charge in [0, 0.05) is 19.3 Å². The van der Waals surface area contributed by atoms with E-state index in [4.69, 9.17) is 14.2 Å². The second-order valence-corrected chi connectivity index (χ2v) is 23.1. The van der Waals surface area contributed by atoms with Crippen LogP contribution in [0.3, 0.4) is 0 Å². The fourth-order valence-electron chi connectivity index (χ4n) is 10.1. The molecule has 0 aliphatic carbocycles. The lowest BCUT2D eigenvalue weighted by atomic mass is 10.0. The first-order valence-electron chi connectivity index (χ1n) is 34.3. The van der Waals surface area contributed by atoms with Gasteiger partial charge >= 0.3 is 17.9 Å². The Hall–Kier alpha value is -2.89. The van der Waals surface area contributed by atoms with Crippen molar-refractivity contribution in [2.45, 2.75) is 367 Å². The molecule has 0 fully saturated rings. The fraction of sp³-hybridized carbons (Fsp3) is 0.819. The number of esters is 3. The monoisotopic (exact) mass is 1090 g/mol. The van der Waals surface area contributed by atoms with Gasteiger partial charge in [0.1, 0.15) is 13.2 Å². The van der Waals surface area contributed by atoms with Crippen LogP contribution in [0.4, 0.5) is 0 Å². The highest BCUT2D eigenvalue weighted by molar-refractivity contribution is 5.71. The average molecular weight is 1090 g/mol. The van der Waals surface area contributed by atoms with Gasteiger partial charge < -0.3 is 14.2 Å². The first-order chi connectivity index (χ1) is 38.5. The molecule has 78 heavy (non-hydrogen) atoms. The summed E-state index contributed by atoms with van der Waals surface area (Å²) in [5.41, 5.74) is 0. The van der Waals surface area contributed by atoms with E-state index in [1.807, 2.05) is 0 Å².